The predicted molar refractivity (Wildman–Crippen MR) is 75.0 cm³/mol. The second-order valence-corrected chi connectivity index (χ2v) is 5.91. The molecule has 1 aromatic rings. The fraction of sp³-hybridized carbons (Fsp3) is 0.533. The van der Waals surface area contributed by atoms with E-state index in [2.05, 4.69) is 17.4 Å². The molecule has 1 atom stereocenters. The number of aryl methyl sites for hydroxylation is 1. The molecule has 1 aliphatic carbocycles. The lowest BCUT2D eigenvalue weighted by atomic mass is 10.1. The number of carbonyl (C=O) groups excluding carboxylic acids is 1. The van der Waals surface area contributed by atoms with E-state index < -0.39 is 5.60 Å². The van der Waals surface area contributed by atoms with Gasteiger partial charge in [0, 0.05) is 7.05 Å². The molecule has 1 aromatic carbocycles. The van der Waals surface area contributed by atoms with Gasteiger partial charge < -0.3 is 15.3 Å². The van der Waals surface area contributed by atoms with Crippen molar-refractivity contribution in [2.24, 2.45) is 0 Å². The minimum atomic E-state index is -0.875. The van der Waals surface area contributed by atoms with Gasteiger partial charge in [-0.25, -0.2) is 4.79 Å². The fourth-order valence-electron chi connectivity index (χ4n) is 2.62. The van der Waals surface area contributed by atoms with E-state index in [0.717, 1.165) is 12.8 Å². The third-order valence-corrected chi connectivity index (χ3v) is 3.40. The van der Waals surface area contributed by atoms with Crippen molar-refractivity contribution in [3.8, 4) is 0 Å². The third-order valence-electron chi connectivity index (χ3n) is 3.40. The number of hydrogen-bond acceptors (Lipinski definition) is 2. The Kier molecular flexibility index (Phi) is 3.80. The lowest BCUT2D eigenvalue weighted by molar-refractivity contribution is 0.0528. The second-order valence-electron chi connectivity index (χ2n) is 5.91. The van der Waals surface area contributed by atoms with E-state index in [0.29, 0.717) is 6.54 Å². The summed E-state index contributed by atoms with van der Waals surface area (Å²) in [6.45, 7) is 3.70. The topological polar surface area (TPSA) is 52.6 Å². The largest absolute Gasteiger partial charge is 0.389 e. The van der Waals surface area contributed by atoms with Crippen LogP contribution in [0.3, 0.4) is 0 Å². The normalized spacial score (nSPS) is 18.0. The molecule has 4 heteroatoms. The lowest BCUT2D eigenvalue weighted by Gasteiger charge is -2.27. The summed E-state index contributed by atoms with van der Waals surface area (Å²) in [4.78, 5) is 13.6. The zero-order valence-corrected chi connectivity index (χ0v) is 11.8. The molecule has 0 fully saturated rings. The molecule has 2 rings (SSSR count). The van der Waals surface area contributed by atoms with Crippen LogP contribution in [0.4, 0.5) is 4.79 Å². The van der Waals surface area contributed by atoms with Gasteiger partial charge in [-0.1, -0.05) is 24.3 Å². The SMILES string of the molecule is CN(CC(C)(C)O)C(=O)NC1CCc2ccccc21. The molecule has 1 aliphatic rings. The first-order valence-electron chi connectivity index (χ1n) is 6.68. The van der Waals surface area contributed by atoms with Crippen LogP contribution in [0.1, 0.15) is 37.4 Å². The van der Waals surface area contributed by atoms with E-state index in [1.165, 1.54) is 16.0 Å². The van der Waals surface area contributed by atoms with E-state index in [1.54, 1.807) is 20.9 Å². The zero-order valence-electron chi connectivity index (χ0n) is 11.8. The van der Waals surface area contributed by atoms with Crippen molar-refractivity contribution >= 4 is 6.03 Å². The molecule has 4 nitrogen and oxygen atoms in total. The average molecular weight is 262 g/mol. The van der Waals surface area contributed by atoms with E-state index >= 15 is 0 Å². The van der Waals surface area contributed by atoms with Crippen molar-refractivity contribution in [1.29, 1.82) is 0 Å². The second kappa shape index (κ2) is 5.21. The van der Waals surface area contributed by atoms with Gasteiger partial charge in [-0.15, -0.1) is 0 Å². The number of fused-ring (bicyclic) bond motifs is 1. The molecule has 0 saturated heterocycles. The minimum Gasteiger partial charge on any atom is -0.389 e. The van der Waals surface area contributed by atoms with Gasteiger partial charge in [0.1, 0.15) is 0 Å². The van der Waals surface area contributed by atoms with Crippen LogP contribution in [-0.2, 0) is 6.42 Å². The summed E-state index contributed by atoms with van der Waals surface area (Å²) in [6.07, 6.45) is 1.96. The smallest absolute Gasteiger partial charge is 0.317 e. The molecule has 0 aliphatic heterocycles. The molecule has 0 bridgehead atoms. The van der Waals surface area contributed by atoms with Gasteiger partial charge in [0.25, 0.3) is 0 Å². The van der Waals surface area contributed by atoms with Crippen LogP contribution < -0.4 is 5.32 Å². The van der Waals surface area contributed by atoms with E-state index in [9.17, 15) is 9.90 Å². The number of carbonyl (C=O) groups is 1. The molecule has 1 unspecified atom stereocenters. The summed E-state index contributed by atoms with van der Waals surface area (Å²) < 4.78 is 0. The Morgan fingerprint density at radius 3 is 2.84 bits per heavy atom. The Balaban J connectivity index is 1.97. The summed E-state index contributed by atoms with van der Waals surface area (Å²) >= 11 is 0. The van der Waals surface area contributed by atoms with Crippen LogP contribution >= 0.6 is 0 Å². The van der Waals surface area contributed by atoms with Gasteiger partial charge in [0.2, 0.25) is 0 Å². The number of hydrogen-bond donors (Lipinski definition) is 2. The van der Waals surface area contributed by atoms with Gasteiger partial charge in [0.15, 0.2) is 0 Å². The van der Waals surface area contributed by atoms with Crippen molar-refractivity contribution < 1.29 is 9.90 Å². The Hall–Kier alpha value is -1.55. The summed E-state index contributed by atoms with van der Waals surface area (Å²) in [5.41, 5.74) is 1.66. The van der Waals surface area contributed by atoms with Crippen LogP contribution in [0.25, 0.3) is 0 Å². The molecular weight excluding hydrogens is 240 g/mol. The minimum absolute atomic E-state index is 0.0907. The molecule has 104 valence electrons. The van der Waals surface area contributed by atoms with Crippen molar-refractivity contribution in [3.63, 3.8) is 0 Å². The van der Waals surface area contributed by atoms with Gasteiger partial charge in [0.05, 0.1) is 18.2 Å². The monoisotopic (exact) mass is 262 g/mol. The molecule has 0 aromatic heterocycles. The first-order valence-corrected chi connectivity index (χ1v) is 6.68. The lowest BCUT2D eigenvalue weighted by Crippen LogP contribution is -2.45. The van der Waals surface area contributed by atoms with Crippen LogP contribution in [0.5, 0.6) is 0 Å². The number of nitrogens with zero attached hydrogens (tertiary/aromatic N) is 1. The van der Waals surface area contributed by atoms with Crippen molar-refractivity contribution in [1.82, 2.24) is 10.2 Å². The maximum Gasteiger partial charge on any atom is 0.317 e. The standard InChI is InChI=1S/C15H22N2O2/c1-15(2,19)10-17(3)14(18)16-13-9-8-11-6-4-5-7-12(11)13/h4-7,13,19H,8-10H2,1-3H3,(H,16,18). The van der Waals surface area contributed by atoms with E-state index in [-0.39, 0.29) is 12.1 Å². The van der Waals surface area contributed by atoms with Crippen molar-refractivity contribution in [2.45, 2.75) is 38.3 Å². The number of aliphatic hydroxyl groups is 1. The first-order chi connectivity index (χ1) is 8.87. The van der Waals surface area contributed by atoms with Crippen molar-refractivity contribution in [3.05, 3.63) is 35.4 Å². The predicted octanol–water partition coefficient (Wildman–Crippen LogP) is 2.09. The third kappa shape index (κ3) is 3.47. The number of amides is 2. The number of nitrogens with one attached hydrogen (secondary N) is 1. The maximum absolute atomic E-state index is 12.1. The molecule has 19 heavy (non-hydrogen) atoms. The average Bonchev–Trinajstić information content (AvgIpc) is 2.70. The Labute approximate surface area is 114 Å². The van der Waals surface area contributed by atoms with Gasteiger partial charge in [-0.3, -0.25) is 0 Å². The summed E-state index contributed by atoms with van der Waals surface area (Å²) in [6, 6.07) is 8.18. The number of benzene rings is 1. The molecule has 0 radical (unpaired) electrons. The number of likely N-dealkylation sites (N-methyl/N-ethyl adjacent to an activating group) is 1. The van der Waals surface area contributed by atoms with Gasteiger partial charge >= 0.3 is 6.03 Å². The summed E-state index contributed by atoms with van der Waals surface area (Å²) in [5.74, 6) is 0. The van der Waals surface area contributed by atoms with Crippen LogP contribution in [-0.4, -0.2) is 35.2 Å². The van der Waals surface area contributed by atoms with Crippen LogP contribution in [0.15, 0.2) is 24.3 Å². The summed E-state index contributed by atoms with van der Waals surface area (Å²) in [7, 11) is 1.70. The van der Waals surface area contributed by atoms with E-state index in [1.807, 2.05) is 12.1 Å². The molecule has 0 heterocycles. The zero-order chi connectivity index (χ0) is 14.0. The molecular formula is C15H22N2O2. The maximum atomic E-state index is 12.1. The molecule has 0 spiro atoms. The quantitative estimate of drug-likeness (QED) is 0.876. The Morgan fingerprint density at radius 1 is 1.47 bits per heavy atom. The highest BCUT2D eigenvalue weighted by atomic mass is 16.3. The fourth-order valence-corrected chi connectivity index (χ4v) is 2.62. The van der Waals surface area contributed by atoms with Crippen LogP contribution in [0.2, 0.25) is 0 Å². The van der Waals surface area contributed by atoms with Gasteiger partial charge in [-0.05, 0) is 37.8 Å². The Bertz CT molecular complexity index is 465. The first kappa shape index (κ1) is 13.9. The molecule has 2 N–H and O–H groups in total. The van der Waals surface area contributed by atoms with Crippen molar-refractivity contribution in [2.75, 3.05) is 13.6 Å². The summed E-state index contributed by atoms with van der Waals surface area (Å²) in [5, 5.41) is 12.8. The highest BCUT2D eigenvalue weighted by molar-refractivity contribution is 5.74. The van der Waals surface area contributed by atoms with Gasteiger partial charge in [-0.2, -0.15) is 0 Å². The van der Waals surface area contributed by atoms with E-state index in [4.69, 9.17) is 0 Å². The Morgan fingerprint density at radius 2 is 2.16 bits per heavy atom. The number of rotatable bonds is 3. The number of urea groups is 1. The highest BCUT2D eigenvalue weighted by Crippen LogP contribution is 2.30. The highest BCUT2D eigenvalue weighted by Gasteiger charge is 2.26. The molecule has 0 saturated carbocycles. The van der Waals surface area contributed by atoms with Crippen LogP contribution in [0, 0.1) is 0 Å². The molecule has 2 amide bonds.